The molecule has 0 aliphatic heterocycles. The zero-order valence-corrected chi connectivity index (χ0v) is 11.0. The topological polar surface area (TPSA) is 55.6 Å². The third-order valence-corrected chi connectivity index (χ3v) is 3.07. The van der Waals surface area contributed by atoms with E-state index in [1.807, 2.05) is 42.1 Å². The molecular formula is C14H15N5. The summed E-state index contributed by atoms with van der Waals surface area (Å²) in [6.07, 6.45) is 4.60. The van der Waals surface area contributed by atoms with Crippen molar-refractivity contribution >= 4 is 16.9 Å². The maximum absolute atomic E-state index is 4.57. The van der Waals surface area contributed by atoms with E-state index in [0.717, 1.165) is 29.0 Å². The van der Waals surface area contributed by atoms with Crippen LogP contribution in [0.4, 0.5) is 5.95 Å². The molecule has 3 aromatic rings. The van der Waals surface area contributed by atoms with Gasteiger partial charge in [0, 0.05) is 31.2 Å². The van der Waals surface area contributed by atoms with Gasteiger partial charge in [-0.05, 0) is 12.1 Å². The SMILES string of the molecule is CCc1nccn1-c1nc(NC)nc2ccccc12. The fourth-order valence-electron chi connectivity index (χ4n) is 2.14. The summed E-state index contributed by atoms with van der Waals surface area (Å²) in [5, 5.41) is 4.03. The van der Waals surface area contributed by atoms with Crippen LogP contribution in [0, 0.1) is 0 Å². The molecule has 0 fully saturated rings. The molecule has 1 N–H and O–H groups in total. The Morgan fingerprint density at radius 3 is 2.84 bits per heavy atom. The molecule has 3 rings (SSSR count). The van der Waals surface area contributed by atoms with Crippen molar-refractivity contribution in [2.24, 2.45) is 0 Å². The van der Waals surface area contributed by atoms with Crippen molar-refractivity contribution in [3.8, 4) is 5.82 Å². The first-order chi connectivity index (χ1) is 9.33. The average Bonchev–Trinajstić information content (AvgIpc) is 2.94. The highest BCUT2D eigenvalue weighted by atomic mass is 15.2. The number of para-hydroxylation sites is 1. The molecule has 0 saturated heterocycles. The number of anilines is 1. The van der Waals surface area contributed by atoms with Gasteiger partial charge in [0.2, 0.25) is 5.95 Å². The van der Waals surface area contributed by atoms with Crippen molar-refractivity contribution in [3.63, 3.8) is 0 Å². The lowest BCUT2D eigenvalue weighted by atomic mass is 10.2. The second-order valence-corrected chi connectivity index (χ2v) is 4.20. The number of hydrogen-bond acceptors (Lipinski definition) is 4. The Hall–Kier alpha value is -2.43. The summed E-state index contributed by atoms with van der Waals surface area (Å²) in [6.45, 7) is 2.08. The first-order valence-electron chi connectivity index (χ1n) is 6.30. The molecule has 0 spiro atoms. The maximum Gasteiger partial charge on any atom is 0.224 e. The van der Waals surface area contributed by atoms with Gasteiger partial charge in [0.25, 0.3) is 0 Å². The largest absolute Gasteiger partial charge is 0.357 e. The van der Waals surface area contributed by atoms with Crippen LogP contribution in [-0.2, 0) is 6.42 Å². The number of aryl methyl sites for hydroxylation is 1. The molecule has 5 heteroatoms. The number of aromatic nitrogens is 4. The first-order valence-corrected chi connectivity index (χ1v) is 6.30. The molecule has 5 nitrogen and oxygen atoms in total. The van der Waals surface area contributed by atoms with E-state index >= 15 is 0 Å². The highest BCUT2D eigenvalue weighted by molar-refractivity contribution is 5.86. The molecule has 19 heavy (non-hydrogen) atoms. The van der Waals surface area contributed by atoms with E-state index in [-0.39, 0.29) is 0 Å². The minimum atomic E-state index is 0.615. The zero-order valence-electron chi connectivity index (χ0n) is 11.0. The lowest BCUT2D eigenvalue weighted by Gasteiger charge is -2.10. The van der Waals surface area contributed by atoms with Crippen LogP contribution in [0.2, 0.25) is 0 Å². The van der Waals surface area contributed by atoms with Crippen LogP contribution in [0.3, 0.4) is 0 Å². The maximum atomic E-state index is 4.57. The highest BCUT2D eigenvalue weighted by Gasteiger charge is 2.11. The molecule has 2 heterocycles. The second kappa shape index (κ2) is 4.68. The molecule has 0 radical (unpaired) electrons. The van der Waals surface area contributed by atoms with Crippen LogP contribution < -0.4 is 5.32 Å². The van der Waals surface area contributed by atoms with Crippen molar-refractivity contribution in [1.82, 2.24) is 19.5 Å². The fourth-order valence-corrected chi connectivity index (χ4v) is 2.14. The average molecular weight is 253 g/mol. The standard InChI is InChI=1S/C14H15N5/c1-3-12-16-8-9-19(12)13-10-6-4-5-7-11(10)17-14(15-2)18-13/h4-9H,3H2,1-2H3,(H,15,17,18). The molecule has 1 aromatic carbocycles. The molecule has 0 aliphatic carbocycles. The van der Waals surface area contributed by atoms with Gasteiger partial charge in [-0.1, -0.05) is 19.1 Å². The van der Waals surface area contributed by atoms with E-state index in [9.17, 15) is 0 Å². The number of benzene rings is 1. The summed E-state index contributed by atoms with van der Waals surface area (Å²) < 4.78 is 2.02. The van der Waals surface area contributed by atoms with Gasteiger partial charge in [-0.25, -0.2) is 9.97 Å². The fraction of sp³-hybridized carbons (Fsp3) is 0.214. The van der Waals surface area contributed by atoms with E-state index in [4.69, 9.17) is 0 Å². The number of nitrogens with zero attached hydrogens (tertiary/aromatic N) is 4. The molecule has 0 bridgehead atoms. The molecule has 0 saturated carbocycles. The van der Waals surface area contributed by atoms with Crippen molar-refractivity contribution in [1.29, 1.82) is 0 Å². The Morgan fingerprint density at radius 1 is 1.21 bits per heavy atom. The first kappa shape index (κ1) is 11.6. The van der Waals surface area contributed by atoms with Gasteiger partial charge in [0.15, 0.2) is 5.82 Å². The van der Waals surface area contributed by atoms with Crippen LogP contribution in [0.15, 0.2) is 36.7 Å². The van der Waals surface area contributed by atoms with Gasteiger partial charge in [0.1, 0.15) is 5.82 Å². The number of nitrogens with one attached hydrogen (secondary N) is 1. The quantitative estimate of drug-likeness (QED) is 0.778. The molecule has 0 unspecified atom stereocenters. The Labute approximate surface area is 111 Å². The second-order valence-electron chi connectivity index (χ2n) is 4.20. The molecule has 96 valence electrons. The van der Waals surface area contributed by atoms with Gasteiger partial charge < -0.3 is 5.32 Å². The molecule has 2 aromatic heterocycles. The summed E-state index contributed by atoms with van der Waals surface area (Å²) in [6, 6.07) is 8.00. The van der Waals surface area contributed by atoms with E-state index in [0.29, 0.717) is 5.95 Å². The monoisotopic (exact) mass is 253 g/mol. The van der Waals surface area contributed by atoms with E-state index in [2.05, 4.69) is 27.2 Å². The third-order valence-electron chi connectivity index (χ3n) is 3.07. The number of imidazole rings is 1. The molecule has 0 aliphatic rings. The zero-order chi connectivity index (χ0) is 13.2. The Morgan fingerprint density at radius 2 is 2.05 bits per heavy atom. The number of fused-ring (bicyclic) bond motifs is 1. The third kappa shape index (κ3) is 1.93. The smallest absolute Gasteiger partial charge is 0.224 e. The number of rotatable bonds is 3. The Balaban J connectivity index is 2.33. The van der Waals surface area contributed by atoms with Gasteiger partial charge in [0.05, 0.1) is 5.52 Å². The molecular weight excluding hydrogens is 238 g/mol. The lowest BCUT2D eigenvalue weighted by Crippen LogP contribution is -2.06. The van der Waals surface area contributed by atoms with E-state index in [1.54, 1.807) is 6.20 Å². The van der Waals surface area contributed by atoms with Crippen molar-refractivity contribution in [2.45, 2.75) is 13.3 Å². The summed E-state index contributed by atoms with van der Waals surface area (Å²) >= 11 is 0. The predicted octanol–water partition coefficient (Wildman–Crippen LogP) is 2.42. The lowest BCUT2D eigenvalue weighted by molar-refractivity contribution is 0.871. The summed E-state index contributed by atoms with van der Waals surface area (Å²) in [7, 11) is 1.82. The predicted molar refractivity (Wildman–Crippen MR) is 75.6 cm³/mol. The van der Waals surface area contributed by atoms with E-state index < -0.39 is 0 Å². The summed E-state index contributed by atoms with van der Waals surface area (Å²) in [5.74, 6) is 2.47. The van der Waals surface area contributed by atoms with E-state index in [1.165, 1.54) is 0 Å². The number of hydrogen-bond donors (Lipinski definition) is 1. The molecule has 0 amide bonds. The van der Waals surface area contributed by atoms with Gasteiger partial charge in [-0.2, -0.15) is 4.98 Å². The van der Waals surface area contributed by atoms with Crippen LogP contribution in [0.25, 0.3) is 16.7 Å². The van der Waals surface area contributed by atoms with Crippen LogP contribution >= 0.6 is 0 Å². The Bertz CT molecular complexity index is 717. The molecule has 0 atom stereocenters. The van der Waals surface area contributed by atoms with Crippen LogP contribution in [0.1, 0.15) is 12.7 Å². The van der Waals surface area contributed by atoms with Gasteiger partial charge >= 0.3 is 0 Å². The van der Waals surface area contributed by atoms with Gasteiger partial charge in [-0.15, -0.1) is 0 Å². The summed E-state index contributed by atoms with van der Waals surface area (Å²) in [4.78, 5) is 13.4. The van der Waals surface area contributed by atoms with Crippen LogP contribution in [-0.4, -0.2) is 26.6 Å². The minimum absolute atomic E-state index is 0.615. The highest BCUT2D eigenvalue weighted by Crippen LogP contribution is 2.21. The van der Waals surface area contributed by atoms with Crippen LogP contribution in [0.5, 0.6) is 0 Å². The van der Waals surface area contributed by atoms with Crippen molar-refractivity contribution < 1.29 is 0 Å². The van der Waals surface area contributed by atoms with Gasteiger partial charge in [-0.3, -0.25) is 4.57 Å². The summed E-state index contributed by atoms with van der Waals surface area (Å²) in [5.41, 5.74) is 0.924. The normalized spacial score (nSPS) is 10.8. The van der Waals surface area contributed by atoms with Crippen molar-refractivity contribution in [2.75, 3.05) is 12.4 Å². The Kier molecular flexibility index (Phi) is 2.87. The van der Waals surface area contributed by atoms with Crippen molar-refractivity contribution in [3.05, 3.63) is 42.5 Å². The minimum Gasteiger partial charge on any atom is -0.357 e.